The molecule has 0 aliphatic heterocycles. The van der Waals surface area contributed by atoms with Gasteiger partial charge in [0.25, 0.3) is 0 Å². The smallest absolute Gasteiger partial charge is 0.0819 e. The molecule has 1 nitrogen and oxygen atoms in total. The Morgan fingerprint density at radius 1 is 1.13 bits per heavy atom. The Bertz CT molecular complexity index is 511. The molecule has 15 heavy (non-hydrogen) atoms. The molecule has 0 saturated heterocycles. The zero-order chi connectivity index (χ0) is 11.0. The Kier molecular flexibility index (Phi) is 3.06. The summed E-state index contributed by atoms with van der Waals surface area (Å²) in [5, 5.41) is 1.25. The first-order chi connectivity index (χ1) is 7.11. The van der Waals surface area contributed by atoms with Crippen LogP contribution in [0, 0.1) is 13.8 Å². The highest BCUT2D eigenvalue weighted by Crippen LogP contribution is 2.40. The van der Waals surface area contributed by atoms with Gasteiger partial charge in [0.15, 0.2) is 0 Å². The van der Waals surface area contributed by atoms with Gasteiger partial charge in [-0.1, -0.05) is 0 Å². The molecule has 0 saturated carbocycles. The van der Waals surface area contributed by atoms with Gasteiger partial charge in [-0.3, -0.25) is 4.99 Å². The van der Waals surface area contributed by atoms with E-state index < -0.39 is 0 Å². The van der Waals surface area contributed by atoms with Crippen LogP contribution in [0.5, 0.6) is 0 Å². The van der Waals surface area contributed by atoms with Gasteiger partial charge in [0.2, 0.25) is 0 Å². The third kappa shape index (κ3) is 2.05. The number of aliphatic imine (C=N–C) groups is 1. The molecular formula is C11H12NPS2. The standard InChI is InChI=1S/C11H12NPS2/c1-6-4-8(12-3)10(14-6)11-9(13)5-7(2)15-11/h4-5H,3,13H2,1-2H3. The highest BCUT2D eigenvalue weighted by molar-refractivity contribution is 7.33. The van der Waals surface area contributed by atoms with E-state index in [1.165, 1.54) is 24.8 Å². The Labute approximate surface area is 100 Å². The topological polar surface area (TPSA) is 12.4 Å². The van der Waals surface area contributed by atoms with Crippen molar-refractivity contribution in [3.05, 3.63) is 21.9 Å². The maximum atomic E-state index is 4.08. The van der Waals surface area contributed by atoms with Gasteiger partial charge < -0.3 is 0 Å². The predicted octanol–water partition coefficient (Wildman–Crippen LogP) is 3.93. The average Bonchev–Trinajstić information content (AvgIpc) is 2.69. The van der Waals surface area contributed by atoms with Crippen molar-refractivity contribution >= 4 is 49.6 Å². The summed E-state index contributed by atoms with van der Waals surface area (Å²) in [6.07, 6.45) is 0. The number of hydrogen-bond donors (Lipinski definition) is 0. The summed E-state index contributed by atoms with van der Waals surface area (Å²) in [6.45, 7) is 7.85. The minimum Gasteiger partial charge on any atom is -0.263 e. The molecule has 0 radical (unpaired) electrons. The van der Waals surface area contributed by atoms with E-state index in [0.29, 0.717) is 0 Å². The van der Waals surface area contributed by atoms with Crippen molar-refractivity contribution in [2.24, 2.45) is 4.99 Å². The van der Waals surface area contributed by atoms with E-state index in [-0.39, 0.29) is 0 Å². The van der Waals surface area contributed by atoms with Crippen molar-refractivity contribution in [3.63, 3.8) is 0 Å². The van der Waals surface area contributed by atoms with Crippen LogP contribution in [0.15, 0.2) is 17.1 Å². The first-order valence-corrected chi connectivity index (χ1v) is 6.76. The van der Waals surface area contributed by atoms with Crippen molar-refractivity contribution in [3.8, 4) is 9.75 Å². The van der Waals surface area contributed by atoms with Gasteiger partial charge in [0.05, 0.1) is 15.4 Å². The van der Waals surface area contributed by atoms with Crippen LogP contribution in [0.2, 0.25) is 0 Å². The molecule has 0 spiro atoms. The fourth-order valence-electron chi connectivity index (χ4n) is 1.49. The van der Waals surface area contributed by atoms with Crippen molar-refractivity contribution in [1.29, 1.82) is 0 Å². The molecule has 0 bridgehead atoms. The van der Waals surface area contributed by atoms with Crippen LogP contribution in [-0.2, 0) is 0 Å². The zero-order valence-corrected chi connectivity index (χ0v) is 11.5. The van der Waals surface area contributed by atoms with Crippen molar-refractivity contribution in [2.75, 3.05) is 0 Å². The summed E-state index contributed by atoms with van der Waals surface area (Å²) in [5.41, 5.74) is 1.00. The second-order valence-electron chi connectivity index (χ2n) is 3.37. The molecule has 4 heteroatoms. The van der Waals surface area contributed by atoms with Crippen LogP contribution in [0.4, 0.5) is 5.69 Å². The van der Waals surface area contributed by atoms with Crippen LogP contribution in [-0.4, -0.2) is 6.72 Å². The SMILES string of the molecule is C=Nc1cc(C)sc1-c1sc(C)cc1P. The second kappa shape index (κ2) is 4.17. The van der Waals surface area contributed by atoms with Gasteiger partial charge in [-0.05, 0) is 38.0 Å². The average molecular weight is 253 g/mol. The molecule has 0 N–H and O–H groups in total. The van der Waals surface area contributed by atoms with Crippen molar-refractivity contribution < 1.29 is 0 Å². The lowest BCUT2D eigenvalue weighted by Crippen LogP contribution is -1.85. The van der Waals surface area contributed by atoms with Gasteiger partial charge in [-0.2, -0.15) is 0 Å². The van der Waals surface area contributed by atoms with E-state index in [1.807, 2.05) is 11.3 Å². The highest BCUT2D eigenvalue weighted by Gasteiger charge is 2.12. The van der Waals surface area contributed by atoms with Gasteiger partial charge in [-0.15, -0.1) is 31.9 Å². The summed E-state index contributed by atoms with van der Waals surface area (Å²) >= 11 is 3.60. The zero-order valence-electron chi connectivity index (χ0n) is 8.70. The van der Waals surface area contributed by atoms with E-state index >= 15 is 0 Å². The largest absolute Gasteiger partial charge is 0.263 e. The molecule has 0 aliphatic rings. The number of rotatable bonds is 2. The highest BCUT2D eigenvalue weighted by atomic mass is 32.1. The fourth-order valence-corrected chi connectivity index (χ4v) is 4.35. The third-order valence-corrected chi connectivity index (χ3v) is 5.03. The summed E-state index contributed by atoms with van der Waals surface area (Å²) < 4.78 is 0. The molecule has 2 heterocycles. The van der Waals surface area contributed by atoms with E-state index in [4.69, 9.17) is 0 Å². The molecule has 0 aromatic carbocycles. The molecule has 2 aromatic rings. The minimum atomic E-state index is 1.00. The van der Waals surface area contributed by atoms with Gasteiger partial charge in [0.1, 0.15) is 0 Å². The Balaban J connectivity index is 2.62. The number of thiophene rings is 2. The molecule has 0 fully saturated rings. The van der Waals surface area contributed by atoms with Crippen LogP contribution in [0.3, 0.4) is 0 Å². The Hall–Kier alpha value is -0.500. The molecular weight excluding hydrogens is 241 g/mol. The number of hydrogen-bond acceptors (Lipinski definition) is 3. The monoisotopic (exact) mass is 253 g/mol. The van der Waals surface area contributed by atoms with Gasteiger partial charge in [0, 0.05) is 9.75 Å². The molecule has 1 atom stereocenters. The lowest BCUT2D eigenvalue weighted by atomic mass is 10.3. The molecule has 78 valence electrons. The van der Waals surface area contributed by atoms with E-state index in [1.54, 1.807) is 11.3 Å². The summed E-state index contributed by atoms with van der Waals surface area (Å²) in [6, 6.07) is 4.28. The maximum Gasteiger partial charge on any atom is 0.0819 e. The van der Waals surface area contributed by atoms with Crippen LogP contribution < -0.4 is 5.30 Å². The lowest BCUT2D eigenvalue weighted by Gasteiger charge is -1.96. The summed E-state index contributed by atoms with van der Waals surface area (Å²) in [5.74, 6) is 0. The molecule has 2 rings (SSSR count). The number of nitrogens with zero attached hydrogens (tertiary/aromatic N) is 1. The third-order valence-electron chi connectivity index (χ3n) is 2.10. The first-order valence-electron chi connectivity index (χ1n) is 4.55. The molecule has 0 aliphatic carbocycles. The first kappa shape index (κ1) is 11.0. The molecule has 2 aromatic heterocycles. The number of aryl methyl sites for hydroxylation is 2. The van der Waals surface area contributed by atoms with Crippen LogP contribution in [0.1, 0.15) is 9.75 Å². The molecule has 0 amide bonds. The van der Waals surface area contributed by atoms with Gasteiger partial charge >= 0.3 is 0 Å². The van der Waals surface area contributed by atoms with Crippen molar-refractivity contribution in [1.82, 2.24) is 0 Å². The van der Waals surface area contributed by atoms with E-state index in [9.17, 15) is 0 Å². The Morgan fingerprint density at radius 3 is 2.27 bits per heavy atom. The van der Waals surface area contributed by atoms with E-state index in [0.717, 1.165) is 5.69 Å². The maximum absolute atomic E-state index is 4.08. The predicted molar refractivity (Wildman–Crippen MR) is 75.7 cm³/mol. The molecule has 1 unspecified atom stereocenters. The summed E-state index contributed by atoms with van der Waals surface area (Å²) in [7, 11) is 2.79. The minimum absolute atomic E-state index is 1.00. The van der Waals surface area contributed by atoms with Gasteiger partial charge in [-0.25, -0.2) is 0 Å². The Morgan fingerprint density at radius 2 is 1.73 bits per heavy atom. The van der Waals surface area contributed by atoms with Crippen molar-refractivity contribution in [2.45, 2.75) is 13.8 Å². The van der Waals surface area contributed by atoms with Crippen LogP contribution in [0.25, 0.3) is 9.75 Å². The van der Waals surface area contributed by atoms with Crippen LogP contribution >= 0.6 is 31.9 Å². The lowest BCUT2D eigenvalue weighted by molar-refractivity contribution is 1.57. The van der Waals surface area contributed by atoms with E-state index in [2.05, 4.69) is 46.9 Å². The second-order valence-corrected chi connectivity index (χ2v) is 6.51. The normalized spacial score (nSPS) is 10.6. The quantitative estimate of drug-likeness (QED) is 0.568. The fraction of sp³-hybridized carbons (Fsp3) is 0.182. The summed E-state index contributed by atoms with van der Waals surface area (Å²) in [4.78, 5) is 9.23.